The number of carbonyl (C=O) groups excluding carboxylic acids is 1. The Labute approximate surface area is 199 Å². The Morgan fingerprint density at radius 1 is 1.18 bits per heavy atom. The second-order valence-corrected chi connectivity index (χ2v) is 11.2. The lowest BCUT2D eigenvalue weighted by molar-refractivity contribution is -0.131. The summed E-state index contributed by atoms with van der Waals surface area (Å²) in [6, 6.07) is 2.59. The van der Waals surface area contributed by atoms with Gasteiger partial charge in [0.1, 0.15) is 5.75 Å². The lowest BCUT2D eigenvalue weighted by atomic mass is 9.88. The van der Waals surface area contributed by atoms with Crippen LogP contribution in [-0.4, -0.2) is 59.5 Å². The standard InChI is InChI=1S/C28H41N3O2/c1-19(2)16-20-6-7-21-17-24-28(27(20)21)25(12-13-29-24)33-23-10-8-22(9-11-23)30(3)18-26(32)31-14-4-5-15-31/h12-13,19-20,22-23H,4-11,14-18H2,1-3H3/t20-,22-,23-/m1/s1. The van der Waals surface area contributed by atoms with Crippen molar-refractivity contribution in [1.29, 1.82) is 0 Å². The molecule has 0 spiro atoms. The third-order valence-electron chi connectivity index (χ3n) is 8.39. The molecule has 0 bridgehead atoms. The van der Waals surface area contributed by atoms with Gasteiger partial charge in [-0.3, -0.25) is 14.7 Å². The van der Waals surface area contributed by atoms with Crippen LogP contribution in [0.15, 0.2) is 17.8 Å². The molecule has 4 aliphatic rings. The number of amides is 1. The van der Waals surface area contributed by atoms with E-state index in [2.05, 4.69) is 31.9 Å². The average Bonchev–Trinajstić information content (AvgIpc) is 3.52. The molecule has 2 fully saturated rings. The summed E-state index contributed by atoms with van der Waals surface area (Å²) in [4.78, 5) is 21.6. The summed E-state index contributed by atoms with van der Waals surface area (Å²) in [6.45, 7) is 7.12. The third kappa shape index (κ3) is 4.84. The van der Waals surface area contributed by atoms with Crippen molar-refractivity contribution in [3.05, 3.63) is 29.1 Å². The maximum atomic E-state index is 12.5. The van der Waals surface area contributed by atoms with E-state index in [1.54, 1.807) is 11.1 Å². The number of hydrogen-bond acceptors (Lipinski definition) is 4. The Morgan fingerprint density at radius 3 is 2.67 bits per heavy atom. The Morgan fingerprint density at radius 2 is 1.94 bits per heavy atom. The van der Waals surface area contributed by atoms with E-state index >= 15 is 0 Å². The molecule has 1 aromatic rings. The summed E-state index contributed by atoms with van der Waals surface area (Å²) >= 11 is 0. The van der Waals surface area contributed by atoms with Gasteiger partial charge in [-0.2, -0.15) is 0 Å². The summed E-state index contributed by atoms with van der Waals surface area (Å²) < 4.78 is 6.68. The molecule has 0 aromatic carbocycles. The zero-order chi connectivity index (χ0) is 22.9. The molecule has 2 heterocycles. The smallest absolute Gasteiger partial charge is 0.236 e. The lowest BCUT2D eigenvalue weighted by Gasteiger charge is -2.35. The number of ether oxygens (including phenoxy) is 1. The molecule has 1 amide bonds. The van der Waals surface area contributed by atoms with Crippen molar-refractivity contribution in [2.24, 2.45) is 11.8 Å². The quantitative estimate of drug-likeness (QED) is 0.579. The lowest BCUT2D eigenvalue weighted by Crippen LogP contribution is -2.44. The predicted molar refractivity (Wildman–Crippen MR) is 132 cm³/mol. The minimum atomic E-state index is 0.269. The summed E-state index contributed by atoms with van der Waals surface area (Å²) in [5.41, 5.74) is 5.77. The maximum Gasteiger partial charge on any atom is 0.236 e. The SMILES string of the molecule is CC(C)C[C@H]1CCC2=C1c1c(O[C@H]3CC[C@H](N(C)CC(=O)N4CCCC4)CC3)ccnc1C2. The number of rotatable bonds is 7. The van der Waals surface area contributed by atoms with E-state index in [1.165, 1.54) is 30.5 Å². The van der Waals surface area contributed by atoms with E-state index in [-0.39, 0.29) is 6.10 Å². The molecule has 1 saturated heterocycles. The van der Waals surface area contributed by atoms with Gasteiger partial charge in [0.05, 0.1) is 18.3 Å². The molecule has 0 N–H and O–H groups in total. The highest BCUT2D eigenvalue weighted by Crippen LogP contribution is 2.51. The van der Waals surface area contributed by atoms with E-state index in [4.69, 9.17) is 9.72 Å². The fourth-order valence-corrected chi connectivity index (χ4v) is 6.69. The van der Waals surface area contributed by atoms with Crippen LogP contribution in [0.4, 0.5) is 0 Å². The van der Waals surface area contributed by atoms with Gasteiger partial charge < -0.3 is 9.64 Å². The molecule has 1 saturated carbocycles. The van der Waals surface area contributed by atoms with Gasteiger partial charge in [-0.15, -0.1) is 0 Å². The number of likely N-dealkylation sites (tertiary alicyclic amines) is 1. The number of allylic oxidation sites excluding steroid dienone is 2. The van der Waals surface area contributed by atoms with Crippen LogP contribution in [0.25, 0.3) is 5.57 Å². The molecule has 0 radical (unpaired) electrons. The van der Waals surface area contributed by atoms with Crippen molar-refractivity contribution in [1.82, 2.24) is 14.8 Å². The normalized spacial score (nSPS) is 26.9. The Balaban J connectivity index is 1.19. The molecule has 33 heavy (non-hydrogen) atoms. The van der Waals surface area contributed by atoms with Crippen LogP contribution in [0, 0.1) is 11.8 Å². The van der Waals surface area contributed by atoms with Crippen LogP contribution in [-0.2, 0) is 11.2 Å². The molecule has 1 atom stereocenters. The zero-order valence-electron chi connectivity index (χ0n) is 20.8. The number of nitrogens with zero attached hydrogens (tertiary/aromatic N) is 3. The van der Waals surface area contributed by atoms with Crippen molar-refractivity contribution in [2.45, 2.75) is 90.2 Å². The Hall–Kier alpha value is -1.88. The molecular weight excluding hydrogens is 410 g/mol. The number of pyridine rings is 1. The monoisotopic (exact) mass is 451 g/mol. The van der Waals surface area contributed by atoms with E-state index in [1.807, 2.05) is 11.1 Å². The van der Waals surface area contributed by atoms with Crippen LogP contribution < -0.4 is 4.74 Å². The highest BCUT2D eigenvalue weighted by atomic mass is 16.5. The third-order valence-corrected chi connectivity index (χ3v) is 8.39. The predicted octanol–water partition coefficient (Wildman–Crippen LogP) is 5.09. The second-order valence-electron chi connectivity index (χ2n) is 11.2. The average molecular weight is 452 g/mol. The summed E-state index contributed by atoms with van der Waals surface area (Å²) in [7, 11) is 2.12. The van der Waals surface area contributed by atoms with Crippen molar-refractivity contribution in [3.63, 3.8) is 0 Å². The molecule has 5 nitrogen and oxygen atoms in total. The van der Waals surface area contributed by atoms with Crippen LogP contribution in [0.2, 0.25) is 0 Å². The molecular formula is C28H41N3O2. The van der Waals surface area contributed by atoms with Gasteiger partial charge >= 0.3 is 0 Å². The van der Waals surface area contributed by atoms with Gasteiger partial charge in [0.25, 0.3) is 0 Å². The van der Waals surface area contributed by atoms with Crippen molar-refractivity contribution < 1.29 is 9.53 Å². The molecule has 5 heteroatoms. The van der Waals surface area contributed by atoms with Gasteiger partial charge in [0.15, 0.2) is 0 Å². The summed E-state index contributed by atoms with van der Waals surface area (Å²) in [6.07, 6.45) is 13.7. The van der Waals surface area contributed by atoms with Gasteiger partial charge in [-0.25, -0.2) is 0 Å². The van der Waals surface area contributed by atoms with E-state index in [0.29, 0.717) is 24.4 Å². The Bertz CT molecular complexity index is 894. The van der Waals surface area contributed by atoms with Crippen molar-refractivity contribution >= 4 is 11.5 Å². The van der Waals surface area contributed by atoms with E-state index in [9.17, 15) is 4.79 Å². The molecule has 3 aliphatic carbocycles. The number of aromatic nitrogens is 1. The first-order chi connectivity index (χ1) is 16.0. The molecule has 5 rings (SSSR count). The van der Waals surface area contributed by atoms with Crippen molar-refractivity contribution in [2.75, 3.05) is 26.7 Å². The molecule has 180 valence electrons. The zero-order valence-corrected chi connectivity index (χ0v) is 20.8. The minimum absolute atomic E-state index is 0.269. The first-order valence-electron chi connectivity index (χ1n) is 13.3. The fraction of sp³-hybridized carbons (Fsp3) is 0.714. The highest BCUT2D eigenvalue weighted by molar-refractivity contribution is 5.82. The van der Waals surface area contributed by atoms with Gasteiger partial charge in [0.2, 0.25) is 5.91 Å². The van der Waals surface area contributed by atoms with Crippen LogP contribution in [0.1, 0.15) is 82.9 Å². The number of carbonyl (C=O) groups is 1. The van der Waals surface area contributed by atoms with Crippen molar-refractivity contribution in [3.8, 4) is 5.75 Å². The van der Waals surface area contributed by atoms with Crippen LogP contribution >= 0.6 is 0 Å². The van der Waals surface area contributed by atoms with Crippen LogP contribution in [0.5, 0.6) is 5.75 Å². The van der Waals surface area contributed by atoms with Crippen LogP contribution in [0.3, 0.4) is 0 Å². The minimum Gasteiger partial charge on any atom is -0.490 e. The molecule has 0 unspecified atom stereocenters. The highest BCUT2D eigenvalue weighted by Gasteiger charge is 2.36. The topological polar surface area (TPSA) is 45.7 Å². The number of likely N-dealkylation sites (N-methyl/N-ethyl adjacent to an activating group) is 1. The summed E-state index contributed by atoms with van der Waals surface area (Å²) in [5.74, 6) is 2.76. The molecule has 1 aromatic heterocycles. The molecule has 1 aliphatic heterocycles. The van der Waals surface area contributed by atoms with Gasteiger partial charge in [-0.1, -0.05) is 19.4 Å². The van der Waals surface area contributed by atoms with Gasteiger partial charge in [0, 0.05) is 37.3 Å². The maximum absolute atomic E-state index is 12.5. The Kier molecular flexibility index (Phi) is 6.78. The summed E-state index contributed by atoms with van der Waals surface area (Å²) in [5, 5.41) is 0. The number of hydrogen-bond donors (Lipinski definition) is 0. The number of fused-ring (bicyclic) bond motifs is 2. The first kappa shape index (κ1) is 22.9. The van der Waals surface area contributed by atoms with Gasteiger partial charge in [-0.05, 0) is 88.3 Å². The van der Waals surface area contributed by atoms with E-state index in [0.717, 1.165) is 69.7 Å². The van der Waals surface area contributed by atoms with E-state index < -0.39 is 0 Å². The first-order valence-corrected chi connectivity index (χ1v) is 13.3. The fourth-order valence-electron chi connectivity index (χ4n) is 6.69. The largest absolute Gasteiger partial charge is 0.490 e. The second kappa shape index (κ2) is 9.77.